The van der Waals surface area contributed by atoms with Crippen molar-refractivity contribution in [1.82, 2.24) is 5.32 Å². The molecule has 0 unspecified atom stereocenters. The highest BCUT2D eigenvalue weighted by atomic mass is 16.3. The summed E-state index contributed by atoms with van der Waals surface area (Å²) in [6.45, 7) is 8.96. The van der Waals surface area contributed by atoms with Crippen LogP contribution in [0.15, 0.2) is 12.1 Å². The second-order valence-electron chi connectivity index (χ2n) is 6.85. The van der Waals surface area contributed by atoms with Crippen LogP contribution >= 0.6 is 0 Å². The van der Waals surface area contributed by atoms with E-state index in [2.05, 4.69) is 26.1 Å². The predicted molar refractivity (Wildman–Crippen MR) is 89.2 cm³/mol. The second kappa shape index (κ2) is 8.18. The summed E-state index contributed by atoms with van der Waals surface area (Å²) in [6, 6.07) is 3.96. The van der Waals surface area contributed by atoms with Crippen molar-refractivity contribution in [2.75, 3.05) is 13.2 Å². The van der Waals surface area contributed by atoms with Crippen molar-refractivity contribution < 1.29 is 15.0 Å². The molecule has 1 rings (SSSR count). The number of hydrogen-bond acceptors (Lipinski definition) is 3. The van der Waals surface area contributed by atoms with Crippen LogP contribution < -0.4 is 5.32 Å². The molecule has 0 bridgehead atoms. The number of amides is 1. The Morgan fingerprint density at radius 1 is 1.23 bits per heavy atom. The molecule has 0 spiro atoms. The van der Waals surface area contributed by atoms with E-state index in [1.54, 1.807) is 0 Å². The van der Waals surface area contributed by atoms with Gasteiger partial charge in [0, 0.05) is 19.6 Å². The lowest BCUT2D eigenvalue weighted by atomic mass is 9.83. The smallest absolute Gasteiger partial charge is 0.220 e. The van der Waals surface area contributed by atoms with Gasteiger partial charge in [-0.3, -0.25) is 4.79 Å². The van der Waals surface area contributed by atoms with Crippen LogP contribution in [-0.2, 0) is 16.6 Å². The number of benzene rings is 1. The number of aryl methyl sites for hydroxylation is 2. The maximum atomic E-state index is 11.8. The number of nitrogens with one attached hydrogen (secondary N) is 1. The summed E-state index contributed by atoms with van der Waals surface area (Å²) in [5.41, 5.74) is 2.72. The van der Waals surface area contributed by atoms with Gasteiger partial charge < -0.3 is 15.5 Å². The molecule has 4 heteroatoms. The Morgan fingerprint density at radius 3 is 2.50 bits per heavy atom. The summed E-state index contributed by atoms with van der Waals surface area (Å²) in [5, 5.41) is 22.0. The minimum Gasteiger partial charge on any atom is -0.507 e. The van der Waals surface area contributed by atoms with E-state index in [-0.39, 0.29) is 17.9 Å². The Hall–Kier alpha value is -1.55. The van der Waals surface area contributed by atoms with E-state index in [9.17, 15) is 9.90 Å². The van der Waals surface area contributed by atoms with Gasteiger partial charge in [0.15, 0.2) is 0 Å². The summed E-state index contributed by atoms with van der Waals surface area (Å²) in [6.07, 6.45) is 2.38. The number of hydrogen-bond donors (Lipinski definition) is 3. The molecule has 0 saturated heterocycles. The predicted octanol–water partition coefficient (Wildman–Crippen LogP) is 2.82. The first kappa shape index (κ1) is 18.5. The van der Waals surface area contributed by atoms with Crippen molar-refractivity contribution in [2.24, 2.45) is 0 Å². The van der Waals surface area contributed by atoms with E-state index in [1.807, 2.05) is 19.1 Å². The van der Waals surface area contributed by atoms with Crippen LogP contribution in [0.5, 0.6) is 5.75 Å². The Labute approximate surface area is 133 Å². The number of phenols is 1. The molecule has 0 aliphatic carbocycles. The molecule has 1 amide bonds. The Bertz CT molecular complexity index is 504. The van der Waals surface area contributed by atoms with E-state index in [1.165, 1.54) is 0 Å². The average Bonchev–Trinajstić information content (AvgIpc) is 2.43. The molecule has 0 aliphatic heterocycles. The Morgan fingerprint density at radius 2 is 1.91 bits per heavy atom. The van der Waals surface area contributed by atoms with Gasteiger partial charge in [0.05, 0.1) is 0 Å². The van der Waals surface area contributed by atoms with Crippen molar-refractivity contribution in [1.29, 1.82) is 0 Å². The van der Waals surface area contributed by atoms with Gasteiger partial charge in [0.25, 0.3) is 0 Å². The third-order valence-corrected chi connectivity index (χ3v) is 3.67. The highest BCUT2D eigenvalue weighted by Crippen LogP contribution is 2.34. The summed E-state index contributed by atoms with van der Waals surface area (Å²) in [5.74, 6) is 0.294. The third kappa shape index (κ3) is 5.68. The summed E-state index contributed by atoms with van der Waals surface area (Å²) < 4.78 is 0. The van der Waals surface area contributed by atoms with Gasteiger partial charge in [-0.15, -0.1) is 0 Å². The highest BCUT2D eigenvalue weighted by molar-refractivity contribution is 5.76. The van der Waals surface area contributed by atoms with Crippen molar-refractivity contribution in [3.8, 4) is 5.75 Å². The minimum atomic E-state index is -0.128. The molecule has 1 aromatic rings. The fraction of sp³-hybridized carbons (Fsp3) is 0.611. The number of carbonyl (C=O) groups excluding carboxylic acids is 1. The Kier molecular flexibility index (Phi) is 6.88. The SMILES string of the molecule is Cc1cc(CCC(=O)NCCCCO)c(O)c(C(C)(C)C)c1. The summed E-state index contributed by atoms with van der Waals surface area (Å²) in [4.78, 5) is 11.8. The molecule has 0 heterocycles. The van der Waals surface area contributed by atoms with Crippen molar-refractivity contribution in [3.63, 3.8) is 0 Å². The van der Waals surface area contributed by atoms with E-state index in [0.29, 0.717) is 31.6 Å². The zero-order valence-electron chi connectivity index (χ0n) is 14.2. The van der Waals surface area contributed by atoms with Crippen LogP contribution in [0.1, 0.15) is 56.7 Å². The van der Waals surface area contributed by atoms with E-state index in [0.717, 1.165) is 23.1 Å². The molecule has 0 aromatic heterocycles. The average molecular weight is 307 g/mol. The van der Waals surface area contributed by atoms with Crippen molar-refractivity contribution >= 4 is 5.91 Å². The lowest BCUT2D eigenvalue weighted by Crippen LogP contribution is -2.24. The number of aromatic hydroxyl groups is 1. The molecule has 22 heavy (non-hydrogen) atoms. The van der Waals surface area contributed by atoms with Crippen LogP contribution in [0.25, 0.3) is 0 Å². The molecule has 4 nitrogen and oxygen atoms in total. The number of carbonyl (C=O) groups is 1. The fourth-order valence-corrected chi connectivity index (χ4v) is 2.42. The first-order valence-electron chi connectivity index (χ1n) is 7.96. The van der Waals surface area contributed by atoms with Gasteiger partial charge in [-0.1, -0.05) is 38.5 Å². The fourth-order valence-electron chi connectivity index (χ4n) is 2.42. The van der Waals surface area contributed by atoms with Crippen molar-refractivity contribution in [3.05, 3.63) is 28.8 Å². The molecule has 1 aromatic carbocycles. The maximum Gasteiger partial charge on any atom is 0.220 e. The standard InChI is InChI=1S/C18H29NO3/c1-13-11-14(17(22)15(12-13)18(2,3)4)7-8-16(21)19-9-5-6-10-20/h11-12,20,22H,5-10H2,1-4H3,(H,19,21). The highest BCUT2D eigenvalue weighted by Gasteiger charge is 2.20. The molecule has 3 N–H and O–H groups in total. The molecule has 0 saturated carbocycles. The van der Waals surface area contributed by atoms with Gasteiger partial charge in [0.1, 0.15) is 5.75 Å². The summed E-state index contributed by atoms with van der Waals surface area (Å²) >= 11 is 0. The van der Waals surface area contributed by atoms with Gasteiger partial charge in [-0.05, 0) is 42.7 Å². The van der Waals surface area contributed by atoms with Crippen LogP contribution in [0.2, 0.25) is 0 Å². The first-order chi connectivity index (χ1) is 10.3. The lowest BCUT2D eigenvalue weighted by molar-refractivity contribution is -0.121. The van der Waals surface area contributed by atoms with Gasteiger partial charge >= 0.3 is 0 Å². The van der Waals surface area contributed by atoms with E-state index >= 15 is 0 Å². The largest absolute Gasteiger partial charge is 0.507 e. The molecule has 0 atom stereocenters. The van der Waals surface area contributed by atoms with Crippen LogP contribution in [0.4, 0.5) is 0 Å². The first-order valence-corrected chi connectivity index (χ1v) is 7.96. The zero-order chi connectivity index (χ0) is 16.8. The third-order valence-electron chi connectivity index (χ3n) is 3.67. The van der Waals surface area contributed by atoms with Gasteiger partial charge in [-0.25, -0.2) is 0 Å². The maximum absolute atomic E-state index is 11.8. The number of aliphatic hydroxyl groups excluding tert-OH is 1. The van der Waals surface area contributed by atoms with E-state index < -0.39 is 0 Å². The lowest BCUT2D eigenvalue weighted by Gasteiger charge is -2.23. The normalized spacial score (nSPS) is 11.5. The molecule has 0 aliphatic rings. The monoisotopic (exact) mass is 307 g/mol. The number of unbranched alkanes of at least 4 members (excludes halogenated alkanes) is 1. The van der Waals surface area contributed by atoms with E-state index in [4.69, 9.17) is 5.11 Å². The van der Waals surface area contributed by atoms with Gasteiger partial charge in [0.2, 0.25) is 5.91 Å². The summed E-state index contributed by atoms with van der Waals surface area (Å²) in [7, 11) is 0. The molecule has 124 valence electrons. The minimum absolute atomic E-state index is 0.0174. The molecule has 0 radical (unpaired) electrons. The van der Waals surface area contributed by atoms with Crippen LogP contribution in [-0.4, -0.2) is 29.3 Å². The van der Waals surface area contributed by atoms with Crippen LogP contribution in [0.3, 0.4) is 0 Å². The molecule has 0 fully saturated rings. The van der Waals surface area contributed by atoms with Crippen LogP contribution in [0, 0.1) is 6.92 Å². The topological polar surface area (TPSA) is 69.6 Å². The zero-order valence-corrected chi connectivity index (χ0v) is 14.2. The number of phenolic OH excluding ortho intramolecular Hbond substituents is 1. The second-order valence-corrected chi connectivity index (χ2v) is 6.85. The Balaban J connectivity index is 2.66. The number of aliphatic hydroxyl groups is 1. The molecular formula is C18H29NO3. The van der Waals surface area contributed by atoms with Gasteiger partial charge in [-0.2, -0.15) is 0 Å². The number of rotatable bonds is 7. The van der Waals surface area contributed by atoms with Crippen molar-refractivity contribution in [2.45, 2.75) is 58.8 Å². The molecular weight excluding hydrogens is 278 g/mol. The quantitative estimate of drug-likeness (QED) is 0.678.